The number of nitrogens with one attached hydrogen (secondary N) is 1. The lowest BCUT2D eigenvalue weighted by Gasteiger charge is -2.23. The van der Waals surface area contributed by atoms with Crippen molar-refractivity contribution in [3.8, 4) is 0 Å². The molecule has 1 unspecified atom stereocenters. The molecule has 0 amide bonds. The lowest BCUT2D eigenvalue weighted by Crippen LogP contribution is -2.25. The summed E-state index contributed by atoms with van der Waals surface area (Å²) in [7, 11) is 0. The molecular formula is C16H18Cl2N2. The van der Waals surface area contributed by atoms with E-state index in [0.717, 1.165) is 17.7 Å². The second kappa shape index (κ2) is 7.07. The van der Waals surface area contributed by atoms with Gasteiger partial charge in [-0.25, -0.2) is 0 Å². The molecule has 0 aliphatic carbocycles. The lowest BCUT2D eigenvalue weighted by atomic mass is 10.0. The lowest BCUT2D eigenvalue weighted by molar-refractivity contribution is 0.450. The molecule has 0 fully saturated rings. The number of halogens is 2. The van der Waals surface area contributed by atoms with Crippen molar-refractivity contribution in [3.05, 3.63) is 63.9 Å². The van der Waals surface area contributed by atoms with Crippen molar-refractivity contribution in [1.82, 2.24) is 10.3 Å². The first kappa shape index (κ1) is 15.3. The Kier molecular flexibility index (Phi) is 5.41. The monoisotopic (exact) mass is 308 g/mol. The SMILES string of the molecule is CCC(N[C@H](C)c1ccccn1)c1ccc(Cl)cc1Cl. The molecule has 2 nitrogen and oxygen atoms in total. The summed E-state index contributed by atoms with van der Waals surface area (Å²) in [5, 5.41) is 4.93. The molecule has 1 aromatic heterocycles. The van der Waals surface area contributed by atoms with E-state index in [1.54, 1.807) is 6.07 Å². The second-order valence-electron chi connectivity index (χ2n) is 4.77. The van der Waals surface area contributed by atoms with Crippen LogP contribution in [0.1, 0.15) is 43.6 Å². The second-order valence-corrected chi connectivity index (χ2v) is 5.61. The van der Waals surface area contributed by atoms with Crippen LogP contribution in [-0.2, 0) is 0 Å². The molecule has 0 aliphatic heterocycles. The van der Waals surface area contributed by atoms with Gasteiger partial charge in [0.2, 0.25) is 0 Å². The van der Waals surface area contributed by atoms with Crippen molar-refractivity contribution in [2.24, 2.45) is 0 Å². The first-order valence-corrected chi connectivity index (χ1v) is 7.49. The van der Waals surface area contributed by atoms with Gasteiger partial charge < -0.3 is 5.32 Å². The summed E-state index contributed by atoms with van der Waals surface area (Å²) >= 11 is 12.2. The number of aromatic nitrogens is 1. The van der Waals surface area contributed by atoms with Gasteiger partial charge in [-0.2, -0.15) is 0 Å². The van der Waals surface area contributed by atoms with Crippen LogP contribution in [0, 0.1) is 0 Å². The maximum absolute atomic E-state index is 6.29. The summed E-state index contributed by atoms with van der Waals surface area (Å²) in [6.07, 6.45) is 2.75. The molecule has 0 saturated carbocycles. The zero-order valence-electron chi connectivity index (χ0n) is 11.6. The van der Waals surface area contributed by atoms with Crippen LogP contribution in [0.15, 0.2) is 42.6 Å². The topological polar surface area (TPSA) is 24.9 Å². The summed E-state index contributed by atoms with van der Waals surface area (Å²) in [5.41, 5.74) is 2.09. The molecule has 4 heteroatoms. The third kappa shape index (κ3) is 3.72. The highest BCUT2D eigenvalue weighted by atomic mass is 35.5. The Morgan fingerprint density at radius 3 is 2.60 bits per heavy atom. The zero-order valence-corrected chi connectivity index (χ0v) is 13.1. The highest BCUT2D eigenvalue weighted by Gasteiger charge is 2.16. The average molecular weight is 309 g/mol. The van der Waals surface area contributed by atoms with E-state index < -0.39 is 0 Å². The van der Waals surface area contributed by atoms with Crippen LogP contribution in [0.3, 0.4) is 0 Å². The van der Waals surface area contributed by atoms with Crippen molar-refractivity contribution in [1.29, 1.82) is 0 Å². The van der Waals surface area contributed by atoms with Gasteiger partial charge in [0.1, 0.15) is 0 Å². The average Bonchev–Trinajstić information content (AvgIpc) is 2.46. The number of pyridine rings is 1. The van der Waals surface area contributed by atoms with Crippen LogP contribution in [0.5, 0.6) is 0 Å². The predicted molar refractivity (Wildman–Crippen MR) is 85.3 cm³/mol. The van der Waals surface area contributed by atoms with Crippen molar-refractivity contribution in [3.63, 3.8) is 0 Å². The van der Waals surface area contributed by atoms with Crippen LogP contribution < -0.4 is 5.32 Å². The molecule has 106 valence electrons. The molecule has 2 rings (SSSR count). The summed E-state index contributed by atoms with van der Waals surface area (Å²) in [4.78, 5) is 4.38. The Balaban J connectivity index is 2.17. The van der Waals surface area contributed by atoms with Crippen LogP contribution in [0.25, 0.3) is 0 Å². The first-order chi connectivity index (χ1) is 9.61. The Morgan fingerprint density at radius 1 is 1.20 bits per heavy atom. The maximum atomic E-state index is 6.29. The Morgan fingerprint density at radius 2 is 2.00 bits per heavy atom. The van der Waals surface area contributed by atoms with Gasteiger partial charge in [-0.1, -0.05) is 42.3 Å². The quantitative estimate of drug-likeness (QED) is 0.822. The van der Waals surface area contributed by atoms with Gasteiger partial charge in [-0.15, -0.1) is 0 Å². The smallest absolute Gasteiger partial charge is 0.0570 e. The van der Waals surface area contributed by atoms with Crippen LogP contribution in [0.2, 0.25) is 10.0 Å². The van der Waals surface area contributed by atoms with Gasteiger partial charge in [0.05, 0.1) is 5.69 Å². The molecule has 1 aromatic carbocycles. The van der Waals surface area contributed by atoms with Crippen LogP contribution >= 0.6 is 23.2 Å². The summed E-state index contributed by atoms with van der Waals surface area (Å²) in [6, 6.07) is 11.9. The molecule has 0 spiro atoms. The third-order valence-corrected chi connectivity index (χ3v) is 3.89. The largest absolute Gasteiger partial charge is 0.302 e. The highest BCUT2D eigenvalue weighted by Crippen LogP contribution is 2.29. The normalized spacial score (nSPS) is 14.0. The standard InChI is InChI=1S/C16H18Cl2N2/c1-3-15(13-8-7-12(17)10-14(13)18)20-11(2)16-6-4-5-9-19-16/h4-11,15,20H,3H2,1-2H3/t11-,15?/m1/s1. The van der Waals surface area contributed by atoms with E-state index >= 15 is 0 Å². The van der Waals surface area contributed by atoms with Gasteiger partial charge in [0, 0.05) is 28.3 Å². The molecule has 1 N–H and O–H groups in total. The molecule has 2 atom stereocenters. The van der Waals surface area contributed by atoms with Gasteiger partial charge in [0.25, 0.3) is 0 Å². The minimum absolute atomic E-state index is 0.160. The van der Waals surface area contributed by atoms with Crippen LogP contribution in [0.4, 0.5) is 0 Å². The third-order valence-electron chi connectivity index (χ3n) is 3.33. The zero-order chi connectivity index (χ0) is 14.5. The van der Waals surface area contributed by atoms with Gasteiger partial charge in [-0.3, -0.25) is 4.98 Å². The highest BCUT2D eigenvalue weighted by molar-refractivity contribution is 6.35. The summed E-state index contributed by atoms with van der Waals surface area (Å²) in [5.74, 6) is 0. The summed E-state index contributed by atoms with van der Waals surface area (Å²) < 4.78 is 0. The fraction of sp³-hybridized carbons (Fsp3) is 0.312. The number of hydrogen-bond acceptors (Lipinski definition) is 2. The van der Waals surface area contributed by atoms with Gasteiger partial charge in [-0.05, 0) is 43.2 Å². The van der Waals surface area contributed by atoms with Gasteiger partial charge in [0.15, 0.2) is 0 Å². The Bertz CT molecular complexity index is 558. The minimum atomic E-state index is 0.160. The maximum Gasteiger partial charge on any atom is 0.0570 e. The van der Waals surface area contributed by atoms with E-state index in [1.807, 2.05) is 36.5 Å². The molecule has 1 heterocycles. The summed E-state index contributed by atoms with van der Waals surface area (Å²) in [6.45, 7) is 4.24. The fourth-order valence-corrected chi connectivity index (χ4v) is 2.77. The van der Waals surface area contributed by atoms with E-state index in [2.05, 4.69) is 24.1 Å². The Labute approximate surface area is 130 Å². The van der Waals surface area contributed by atoms with Crippen molar-refractivity contribution >= 4 is 23.2 Å². The van der Waals surface area contributed by atoms with E-state index in [4.69, 9.17) is 23.2 Å². The number of hydrogen-bond donors (Lipinski definition) is 1. The molecule has 2 aromatic rings. The molecule has 0 aliphatic rings. The number of rotatable bonds is 5. The van der Waals surface area contributed by atoms with Crippen molar-refractivity contribution in [2.45, 2.75) is 32.4 Å². The number of nitrogens with zero attached hydrogens (tertiary/aromatic N) is 1. The molecule has 20 heavy (non-hydrogen) atoms. The first-order valence-electron chi connectivity index (χ1n) is 6.73. The van der Waals surface area contributed by atoms with E-state index in [-0.39, 0.29) is 12.1 Å². The van der Waals surface area contributed by atoms with E-state index in [0.29, 0.717) is 10.0 Å². The molecular weight excluding hydrogens is 291 g/mol. The minimum Gasteiger partial charge on any atom is -0.302 e. The van der Waals surface area contributed by atoms with Crippen molar-refractivity contribution < 1.29 is 0 Å². The molecule has 0 radical (unpaired) electrons. The fourth-order valence-electron chi connectivity index (χ4n) is 2.23. The number of benzene rings is 1. The molecule has 0 bridgehead atoms. The van der Waals surface area contributed by atoms with Crippen molar-refractivity contribution in [2.75, 3.05) is 0 Å². The van der Waals surface area contributed by atoms with Crippen LogP contribution in [-0.4, -0.2) is 4.98 Å². The van der Waals surface area contributed by atoms with E-state index in [1.165, 1.54) is 0 Å². The molecule has 0 saturated heterocycles. The van der Waals surface area contributed by atoms with Gasteiger partial charge >= 0.3 is 0 Å². The predicted octanol–water partition coefficient (Wildman–Crippen LogP) is 5.19. The Hall–Kier alpha value is -1.09. The van der Waals surface area contributed by atoms with E-state index in [9.17, 15) is 0 Å².